The van der Waals surface area contributed by atoms with Gasteiger partial charge in [0.25, 0.3) is 5.78 Å². The van der Waals surface area contributed by atoms with E-state index >= 15 is 0 Å². The summed E-state index contributed by atoms with van der Waals surface area (Å²) in [6.07, 6.45) is 12.4. The summed E-state index contributed by atoms with van der Waals surface area (Å²) in [4.78, 5) is 31.8. The Hall–Kier alpha value is -3.49. The van der Waals surface area contributed by atoms with Crippen molar-refractivity contribution in [3.63, 3.8) is 0 Å². The van der Waals surface area contributed by atoms with Gasteiger partial charge in [0.15, 0.2) is 5.69 Å². The molecule has 2 aromatic heterocycles. The minimum absolute atomic E-state index is 0.0234. The van der Waals surface area contributed by atoms with E-state index in [0.29, 0.717) is 12.4 Å². The highest BCUT2D eigenvalue weighted by molar-refractivity contribution is 5.75. The van der Waals surface area contributed by atoms with E-state index in [4.69, 9.17) is 4.74 Å². The van der Waals surface area contributed by atoms with Crippen LogP contribution in [0.4, 0.5) is 5.69 Å². The minimum atomic E-state index is -0.792. The number of aromatic nitrogens is 4. The predicted molar refractivity (Wildman–Crippen MR) is 127 cm³/mol. The van der Waals surface area contributed by atoms with Gasteiger partial charge in [-0.05, 0) is 98.5 Å². The van der Waals surface area contributed by atoms with Gasteiger partial charge < -0.3 is 4.74 Å². The largest absolute Gasteiger partial charge is 0.493 e. The van der Waals surface area contributed by atoms with Gasteiger partial charge in [-0.25, -0.2) is 9.97 Å². The van der Waals surface area contributed by atoms with E-state index in [1.54, 1.807) is 6.08 Å². The SMILES string of the molecule is CCOc1ccc(C23CC4CC(CC(C4)C2)C3)cc1C=Cc1nc2nc[nH]n2c(=O)c1[N+](=O)[O-]. The van der Waals surface area contributed by atoms with Crippen molar-refractivity contribution in [3.8, 4) is 5.75 Å². The van der Waals surface area contributed by atoms with Crippen molar-refractivity contribution in [3.05, 3.63) is 61.8 Å². The van der Waals surface area contributed by atoms with Crippen molar-refractivity contribution in [1.82, 2.24) is 19.6 Å². The molecule has 0 atom stereocenters. The van der Waals surface area contributed by atoms with Gasteiger partial charge in [-0.3, -0.25) is 20.0 Å². The monoisotopic (exact) mass is 461 g/mol. The first-order valence-corrected chi connectivity index (χ1v) is 12.0. The average Bonchev–Trinajstić information content (AvgIpc) is 3.26. The summed E-state index contributed by atoms with van der Waals surface area (Å²) in [5.41, 5.74) is 0.991. The van der Waals surface area contributed by atoms with Gasteiger partial charge in [0.1, 0.15) is 12.1 Å². The molecule has 2 heterocycles. The van der Waals surface area contributed by atoms with Crippen LogP contribution in [0.5, 0.6) is 5.75 Å². The van der Waals surface area contributed by atoms with Crippen LogP contribution in [0.1, 0.15) is 62.3 Å². The van der Waals surface area contributed by atoms with E-state index in [-0.39, 0.29) is 16.9 Å². The summed E-state index contributed by atoms with van der Waals surface area (Å²) in [5.74, 6) is 3.29. The summed E-state index contributed by atoms with van der Waals surface area (Å²) in [5, 5.41) is 14.2. The smallest absolute Gasteiger partial charge is 0.361 e. The Morgan fingerprint density at radius 2 is 1.91 bits per heavy atom. The van der Waals surface area contributed by atoms with Gasteiger partial charge in [0, 0.05) is 5.56 Å². The summed E-state index contributed by atoms with van der Waals surface area (Å²) >= 11 is 0. The fourth-order valence-corrected chi connectivity index (χ4v) is 7.08. The van der Waals surface area contributed by atoms with Crippen LogP contribution >= 0.6 is 0 Å². The van der Waals surface area contributed by atoms with E-state index in [1.807, 2.05) is 13.0 Å². The van der Waals surface area contributed by atoms with Crippen LogP contribution in [-0.4, -0.2) is 31.1 Å². The quantitative estimate of drug-likeness (QED) is 0.431. The third kappa shape index (κ3) is 3.33. The molecule has 0 spiro atoms. The second kappa shape index (κ2) is 7.78. The number of ether oxygens (including phenoxy) is 1. The lowest BCUT2D eigenvalue weighted by Crippen LogP contribution is -2.48. The van der Waals surface area contributed by atoms with E-state index in [0.717, 1.165) is 27.8 Å². The lowest BCUT2D eigenvalue weighted by molar-refractivity contribution is -0.386. The maximum absolute atomic E-state index is 12.6. The third-order valence-electron chi connectivity index (χ3n) is 8.00. The fraction of sp³-hybridized carbons (Fsp3) is 0.480. The maximum Gasteiger partial charge on any atom is 0.361 e. The predicted octanol–water partition coefficient (Wildman–Crippen LogP) is 4.36. The topological polar surface area (TPSA) is 115 Å². The van der Waals surface area contributed by atoms with E-state index in [9.17, 15) is 14.9 Å². The first-order valence-electron chi connectivity index (χ1n) is 12.0. The molecular formula is C25H27N5O4. The van der Waals surface area contributed by atoms with Gasteiger partial charge in [-0.15, -0.1) is 0 Å². The molecule has 176 valence electrons. The Kier molecular flexibility index (Phi) is 4.82. The Morgan fingerprint density at radius 3 is 2.56 bits per heavy atom. The summed E-state index contributed by atoms with van der Waals surface area (Å²) < 4.78 is 6.84. The Labute approximate surface area is 196 Å². The molecule has 1 N–H and O–H groups in total. The molecule has 0 unspecified atom stereocenters. The molecule has 0 saturated heterocycles. The summed E-state index contributed by atoms with van der Waals surface area (Å²) in [6, 6.07) is 6.41. The Bertz CT molecular complexity index is 1340. The first-order chi connectivity index (χ1) is 16.5. The van der Waals surface area contributed by atoms with Crippen molar-refractivity contribution >= 4 is 23.6 Å². The molecule has 4 aliphatic rings. The van der Waals surface area contributed by atoms with Gasteiger partial charge in [-0.2, -0.15) is 4.52 Å². The van der Waals surface area contributed by atoms with Crippen LogP contribution in [0.25, 0.3) is 17.9 Å². The van der Waals surface area contributed by atoms with Crippen LogP contribution < -0.4 is 10.3 Å². The molecule has 4 fully saturated rings. The molecule has 0 aliphatic heterocycles. The Balaban J connectivity index is 1.42. The lowest BCUT2D eigenvalue weighted by Gasteiger charge is -2.57. The van der Waals surface area contributed by atoms with Crippen LogP contribution in [-0.2, 0) is 5.41 Å². The average molecular weight is 462 g/mol. The number of hydrogen-bond donors (Lipinski definition) is 1. The summed E-state index contributed by atoms with van der Waals surface area (Å²) in [6.45, 7) is 2.44. The zero-order valence-corrected chi connectivity index (χ0v) is 19.1. The molecule has 3 aromatic rings. The van der Waals surface area contributed by atoms with Crippen molar-refractivity contribution < 1.29 is 9.66 Å². The highest BCUT2D eigenvalue weighted by atomic mass is 16.6. The molecule has 9 nitrogen and oxygen atoms in total. The highest BCUT2D eigenvalue weighted by Crippen LogP contribution is 2.60. The maximum atomic E-state index is 12.6. The summed E-state index contributed by atoms with van der Waals surface area (Å²) in [7, 11) is 0. The lowest BCUT2D eigenvalue weighted by atomic mass is 9.48. The molecule has 1 aromatic carbocycles. The molecule has 4 saturated carbocycles. The van der Waals surface area contributed by atoms with Crippen molar-refractivity contribution in [2.24, 2.45) is 17.8 Å². The number of fused-ring (bicyclic) bond motifs is 1. The molecule has 9 heteroatoms. The van der Waals surface area contributed by atoms with Gasteiger partial charge >= 0.3 is 11.2 Å². The van der Waals surface area contributed by atoms with Gasteiger partial charge in [0.2, 0.25) is 0 Å². The number of nitrogens with one attached hydrogen (secondary N) is 1. The first kappa shape index (κ1) is 21.1. The fourth-order valence-electron chi connectivity index (χ4n) is 7.08. The zero-order valence-electron chi connectivity index (χ0n) is 19.1. The third-order valence-corrected chi connectivity index (χ3v) is 8.00. The van der Waals surface area contributed by atoms with E-state index in [2.05, 4.69) is 27.2 Å². The molecule has 7 rings (SSSR count). The van der Waals surface area contributed by atoms with Crippen LogP contribution in [0, 0.1) is 27.9 Å². The Morgan fingerprint density at radius 1 is 1.21 bits per heavy atom. The highest BCUT2D eigenvalue weighted by Gasteiger charge is 2.51. The van der Waals surface area contributed by atoms with Crippen LogP contribution in [0.15, 0.2) is 29.3 Å². The minimum Gasteiger partial charge on any atom is -0.493 e. The molecular weight excluding hydrogens is 434 g/mol. The number of rotatable bonds is 6. The zero-order chi connectivity index (χ0) is 23.4. The normalized spacial score (nSPS) is 27.6. The number of aromatic amines is 1. The van der Waals surface area contributed by atoms with E-state index < -0.39 is 16.2 Å². The van der Waals surface area contributed by atoms with Crippen molar-refractivity contribution in [2.75, 3.05) is 6.61 Å². The second-order valence-electron chi connectivity index (χ2n) is 10.1. The number of benzene rings is 1. The van der Waals surface area contributed by atoms with E-state index in [1.165, 1.54) is 56.5 Å². The van der Waals surface area contributed by atoms with Crippen molar-refractivity contribution in [2.45, 2.75) is 50.9 Å². The van der Waals surface area contributed by atoms with Gasteiger partial charge in [-0.1, -0.05) is 6.07 Å². The van der Waals surface area contributed by atoms with Crippen molar-refractivity contribution in [1.29, 1.82) is 0 Å². The standard InChI is InChI=1S/C25H27N5O4/c1-2-34-21-6-4-19(25-11-15-7-16(12-25)9-17(8-15)13-25)10-18(21)3-5-20-22(30(32)33)23(31)29-24(28-20)26-14-27-29/h3-6,10,14-17H,2,7-9,11-13H2,1H3,(H,26,27,28). The molecule has 4 bridgehead atoms. The number of nitrogens with zero attached hydrogens (tertiary/aromatic N) is 4. The number of H-pyrrole nitrogens is 1. The number of nitro groups is 1. The van der Waals surface area contributed by atoms with Crippen LogP contribution in [0.3, 0.4) is 0 Å². The molecule has 4 aliphatic carbocycles. The van der Waals surface area contributed by atoms with Gasteiger partial charge in [0.05, 0.1) is 11.5 Å². The number of hydrogen-bond acceptors (Lipinski definition) is 6. The van der Waals surface area contributed by atoms with Crippen LogP contribution in [0.2, 0.25) is 0 Å². The second-order valence-corrected chi connectivity index (χ2v) is 10.1. The molecule has 0 amide bonds. The molecule has 0 radical (unpaired) electrons. The molecule has 34 heavy (non-hydrogen) atoms.